The molecule has 4 aliphatic rings. The summed E-state index contributed by atoms with van der Waals surface area (Å²) in [6.45, 7) is 1.09. The molecule has 3 aromatic carbocycles. The summed E-state index contributed by atoms with van der Waals surface area (Å²) in [5.74, 6) is 1.02. The van der Waals surface area contributed by atoms with Crippen molar-refractivity contribution in [1.29, 1.82) is 0 Å². The summed E-state index contributed by atoms with van der Waals surface area (Å²) in [7, 11) is 0. The van der Waals surface area contributed by atoms with E-state index in [2.05, 4.69) is 17.1 Å². The van der Waals surface area contributed by atoms with Crippen molar-refractivity contribution in [2.45, 2.75) is 43.6 Å². The van der Waals surface area contributed by atoms with Crippen LogP contribution in [0.2, 0.25) is 5.02 Å². The number of hydrogen-bond acceptors (Lipinski definition) is 3. The van der Waals surface area contributed by atoms with Gasteiger partial charge in [-0.15, -0.1) is 0 Å². The average Bonchev–Trinajstić information content (AvgIpc) is 3.83. The molecule has 0 N–H and O–H groups in total. The molecule has 3 aromatic rings. The summed E-state index contributed by atoms with van der Waals surface area (Å²) >= 11 is 6.11. The smallest absolute Gasteiger partial charge is 0.238 e. The van der Waals surface area contributed by atoms with Crippen molar-refractivity contribution in [3.05, 3.63) is 112 Å². The maximum Gasteiger partial charge on any atom is 0.238 e. The molecule has 184 valence electrons. The van der Waals surface area contributed by atoms with Crippen molar-refractivity contribution in [2.75, 3.05) is 11.4 Å². The van der Waals surface area contributed by atoms with Crippen LogP contribution >= 0.6 is 11.6 Å². The quantitative estimate of drug-likeness (QED) is 0.336. The van der Waals surface area contributed by atoms with E-state index in [4.69, 9.17) is 11.6 Å². The zero-order valence-corrected chi connectivity index (χ0v) is 21.2. The monoisotopic (exact) mass is 506 g/mol. The molecule has 1 spiro atoms. The number of halogens is 1. The van der Waals surface area contributed by atoms with E-state index in [0.717, 1.165) is 34.4 Å². The molecule has 5 heteroatoms. The molecule has 0 aromatic heterocycles. The third-order valence-corrected chi connectivity index (χ3v) is 8.58. The first-order valence-corrected chi connectivity index (χ1v) is 13.4. The highest BCUT2D eigenvalue weighted by molar-refractivity contribution is 6.30. The number of aliphatic imine (C=N–C) groups is 1. The van der Waals surface area contributed by atoms with Crippen LogP contribution in [-0.2, 0) is 16.8 Å². The number of fused-ring (bicyclic) bond motifs is 2. The van der Waals surface area contributed by atoms with Crippen molar-refractivity contribution < 1.29 is 9.59 Å². The maximum absolute atomic E-state index is 14.0. The molecule has 2 saturated carbocycles. The largest absolute Gasteiger partial charge is 0.307 e. The molecule has 2 aliphatic carbocycles. The average molecular weight is 507 g/mol. The second-order valence-corrected chi connectivity index (χ2v) is 11.2. The van der Waals surface area contributed by atoms with Gasteiger partial charge in [-0.1, -0.05) is 60.1 Å². The molecule has 1 amide bonds. The van der Waals surface area contributed by atoms with Gasteiger partial charge in [-0.3, -0.25) is 14.6 Å². The highest BCUT2D eigenvalue weighted by Crippen LogP contribution is 2.66. The Morgan fingerprint density at radius 2 is 1.84 bits per heavy atom. The zero-order valence-electron chi connectivity index (χ0n) is 20.5. The van der Waals surface area contributed by atoms with E-state index in [9.17, 15) is 9.59 Å². The Labute approximate surface area is 221 Å². The van der Waals surface area contributed by atoms with Gasteiger partial charge >= 0.3 is 0 Å². The minimum absolute atomic E-state index is 0.106. The van der Waals surface area contributed by atoms with Crippen molar-refractivity contribution in [3.8, 4) is 0 Å². The van der Waals surface area contributed by atoms with Gasteiger partial charge in [-0.2, -0.15) is 0 Å². The van der Waals surface area contributed by atoms with Crippen LogP contribution in [0.3, 0.4) is 0 Å². The minimum atomic E-state index is -0.508. The Bertz CT molecular complexity index is 1500. The van der Waals surface area contributed by atoms with Crippen LogP contribution in [0.1, 0.15) is 58.6 Å². The van der Waals surface area contributed by atoms with Crippen LogP contribution in [0, 0.1) is 5.92 Å². The van der Waals surface area contributed by atoms with Gasteiger partial charge in [0.05, 0.1) is 18.5 Å². The van der Waals surface area contributed by atoms with Gasteiger partial charge in [0.25, 0.3) is 0 Å². The van der Waals surface area contributed by atoms with E-state index in [0.29, 0.717) is 36.0 Å². The zero-order chi connectivity index (χ0) is 25.1. The summed E-state index contributed by atoms with van der Waals surface area (Å²) < 4.78 is 0. The lowest BCUT2D eigenvalue weighted by molar-refractivity contribution is -0.120. The lowest BCUT2D eigenvalue weighted by Gasteiger charge is -2.19. The van der Waals surface area contributed by atoms with Gasteiger partial charge in [-0.05, 0) is 71.9 Å². The number of allylic oxidation sites excluding steroid dienone is 1. The van der Waals surface area contributed by atoms with Crippen LogP contribution in [-0.4, -0.2) is 23.9 Å². The number of amides is 1. The maximum atomic E-state index is 14.0. The Balaban J connectivity index is 1.12. The van der Waals surface area contributed by atoms with Gasteiger partial charge in [0.2, 0.25) is 5.91 Å². The normalized spacial score (nSPS) is 23.8. The van der Waals surface area contributed by atoms with Crippen molar-refractivity contribution in [2.24, 2.45) is 10.9 Å². The molecule has 2 fully saturated rings. The van der Waals surface area contributed by atoms with E-state index in [1.807, 2.05) is 71.6 Å². The third-order valence-electron chi connectivity index (χ3n) is 8.33. The molecule has 2 atom stereocenters. The Morgan fingerprint density at radius 3 is 2.65 bits per heavy atom. The number of carbonyl (C=O) groups excluding carboxylic acids is 2. The topological polar surface area (TPSA) is 49.7 Å². The standard InChI is InChI=1S/C32H27ClN2O2/c33-25-12-10-22(11-13-25)27-17-32(27)26-6-1-2-7-29(26)35(31(32)37)19-20-4-3-5-24(14-20)30(36)16-21-15-28(34-18-21)23-8-9-23/h1-7,10-15,23,27H,8-9,16-19H2/t27-,32-/m1/s1. The number of nitrogens with zero attached hydrogens (tertiary/aromatic N) is 2. The van der Waals surface area contributed by atoms with Gasteiger partial charge in [0.15, 0.2) is 5.78 Å². The summed E-state index contributed by atoms with van der Waals surface area (Å²) in [5.41, 5.74) is 6.65. The molecule has 0 radical (unpaired) electrons. The van der Waals surface area contributed by atoms with Crippen molar-refractivity contribution in [3.63, 3.8) is 0 Å². The fourth-order valence-electron chi connectivity index (χ4n) is 6.16. The van der Waals surface area contributed by atoms with E-state index in [-0.39, 0.29) is 17.6 Å². The van der Waals surface area contributed by atoms with E-state index < -0.39 is 5.41 Å². The van der Waals surface area contributed by atoms with E-state index in [1.165, 1.54) is 18.6 Å². The van der Waals surface area contributed by atoms with Gasteiger partial charge in [-0.25, -0.2) is 0 Å². The first-order valence-electron chi connectivity index (χ1n) is 13.1. The molecule has 7 rings (SSSR count). The minimum Gasteiger partial charge on any atom is -0.307 e. The SMILES string of the molecule is O=C(CC1=CC(C2CC2)=NC1)c1cccc(CN2C(=O)[C@]3(C[C@@H]3c3ccc(Cl)cc3)c3ccccc32)c1. The first-order chi connectivity index (χ1) is 18.0. The Hall–Kier alpha value is -3.50. The fourth-order valence-corrected chi connectivity index (χ4v) is 6.29. The van der Waals surface area contributed by atoms with E-state index in [1.54, 1.807) is 0 Å². The van der Waals surface area contributed by atoms with Gasteiger partial charge in [0.1, 0.15) is 0 Å². The van der Waals surface area contributed by atoms with Crippen LogP contribution in [0.4, 0.5) is 5.69 Å². The number of benzene rings is 3. The highest BCUT2D eigenvalue weighted by Gasteiger charge is 2.67. The molecular formula is C32H27ClN2O2. The van der Waals surface area contributed by atoms with E-state index >= 15 is 0 Å². The van der Waals surface area contributed by atoms with Crippen LogP contribution < -0.4 is 4.90 Å². The number of Topliss-reactive ketones (excluding diaryl/α,β-unsaturated/α-hetero) is 1. The van der Waals surface area contributed by atoms with Gasteiger partial charge < -0.3 is 4.90 Å². The molecule has 0 saturated heterocycles. The molecule has 2 heterocycles. The first kappa shape index (κ1) is 22.7. The fraction of sp³-hybridized carbons (Fsp3) is 0.281. The lowest BCUT2D eigenvalue weighted by atomic mass is 9.92. The highest BCUT2D eigenvalue weighted by atomic mass is 35.5. The predicted molar refractivity (Wildman–Crippen MR) is 147 cm³/mol. The Morgan fingerprint density at radius 1 is 1.03 bits per heavy atom. The second kappa shape index (κ2) is 8.53. The van der Waals surface area contributed by atoms with Crippen LogP contribution in [0.15, 0.2) is 89.4 Å². The second-order valence-electron chi connectivity index (χ2n) is 10.8. The molecule has 0 unspecified atom stereocenters. The van der Waals surface area contributed by atoms with Crippen LogP contribution in [0.25, 0.3) is 0 Å². The number of ketones is 1. The Kier molecular flexibility index (Phi) is 5.23. The lowest BCUT2D eigenvalue weighted by Crippen LogP contribution is -2.32. The molecule has 4 nitrogen and oxygen atoms in total. The summed E-state index contributed by atoms with van der Waals surface area (Å²) in [6, 6.07) is 23.8. The third kappa shape index (κ3) is 3.86. The number of anilines is 1. The summed E-state index contributed by atoms with van der Waals surface area (Å²) in [6.07, 6.45) is 5.78. The van der Waals surface area contributed by atoms with Crippen molar-refractivity contribution >= 4 is 34.7 Å². The number of carbonyl (C=O) groups is 2. The summed E-state index contributed by atoms with van der Waals surface area (Å²) in [5, 5.41) is 0.702. The number of rotatable bonds is 7. The molecule has 0 bridgehead atoms. The molecule has 37 heavy (non-hydrogen) atoms. The predicted octanol–water partition coefficient (Wildman–Crippen LogP) is 6.68. The number of hydrogen-bond donors (Lipinski definition) is 0. The van der Waals surface area contributed by atoms with Crippen LogP contribution in [0.5, 0.6) is 0 Å². The molecular weight excluding hydrogens is 480 g/mol. The van der Waals surface area contributed by atoms with Gasteiger partial charge in [0, 0.05) is 40.2 Å². The van der Waals surface area contributed by atoms with Crippen molar-refractivity contribution in [1.82, 2.24) is 0 Å². The molecule has 2 aliphatic heterocycles. The summed E-state index contributed by atoms with van der Waals surface area (Å²) in [4.78, 5) is 33.6. The number of para-hydroxylation sites is 1.